The maximum Gasteiger partial charge on any atom is 0.224 e. The summed E-state index contributed by atoms with van der Waals surface area (Å²) in [5.41, 5.74) is 7.52. The molecule has 1 aliphatic heterocycles. The summed E-state index contributed by atoms with van der Waals surface area (Å²) < 4.78 is 22.6. The molecule has 1 atom stereocenters. The molecule has 2 rings (SSSR count). The Balaban J connectivity index is 1.86. The number of carbonyl (C=O) groups is 1. The third-order valence-corrected chi connectivity index (χ3v) is 5.10. The van der Waals surface area contributed by atoms with Crippen molar-refractivity contribution in [2.24, 2.45) is 11.7 Å². The summed E-state index contributed by atoms with van der Waals surface area (Å²) >= 11 is 0. The van der Waals surface area contributed by atoms with E-state index in [2.05, 4.69) is 5.32 Å². The summed E-state index contributed by atoms with van der Waals surface area (Å²) in [4.78, 5) is 11.8. The second kappa shape index (κ2) is 5.71. The minimum Gasteiger partial charge on any atom is -0.352 e. The average molecular weight is 282 g/mol. The van der Waals surface area contributed by atoms with Crippen LogP contribution in [0.1, 0.15) is 17.5 Å². The monoisotopic (exact) mass is 282 g/mol. The summed E-state index contributed by atoms with van der Waals surface area (Å²) in [6.07, 6.45) is 0.431. The van der Waals surface area contributed by atoms with E-state index in [1.807, 2.05) is 24.3 Å². The van der Waals surface area contributed by atoms with Crippen LogP contribution in [0.4, 0.5) is 0 Å². The van der Waals surface area contributed by atoms with Gasteiger partial charge < -0.3 is 11.1 Å². The molecule has 104 valence electrons. The lowest BCUT2D eigenvalue weighted by Crippen LogP contribution is -2.30. The highest BCUT2D eigenvalue weighted by Crippen LogP contribution is 2.18. The summed E-state index contributed by atoms with van der Waals surface area (Å²) in [5.74, 6) is -0.474. The van der Waals surface area contributed by atoms with Crippen molar-refractivity contribution in [2.45, 2.75) is 19.5 Å². The Hall–Kier alpha value is -1.40. The highest BCUT2D eigenvalue weighted by atomic mass is 32.2. The van der Waals surface area contributed by atoms with Crippen LogP contribution in [0, 0.1) is 5.92 Å². The molecule has 1 heterocycles. The smallest absolute Gasteiger partial charge is 0.224 e. The van der Waals surface area contributed by atoms with E-state index in [-0.39, 0.29) is 17.4 Å². The third-order valence-electron chi connectivity index (χ3n) is 3.33. The van der Waals surface area contributed by atoms with Gasteiger partial charge in [-0.05, 0) is 17.5 Å². The van der Waals surface area contributed by atoms with Crippen molar-refractivity contribution < 1.29 is 13.2 Å². The van der Waals surface area contributed by atoms with Crippen LogP contribution in [0.15, 0.2) is 24.3 Å². The van der Waals surface area contributed by atoms with E-state index >= 15 is 0 Å². The number of hydrogen-bond acceptors (Lipinski definition) is 4. The number of nitrogens with two attached hydrogens (primary N) is 1. The number of nitrogens with one attached hydrogen (secondary N) is 1. The first-order valence-electron chi connectivity index (χ1n) is 6.26. The van der Waals surface area contributed by atoms with Gasteiger partial charge in [-0.25, -0.2) is 8.42 Å². The predicted molar refractivity (Wildman–Crippen MR) is 72.9 cm³/mol. The van der Waals surface area contributed by atoms with Gasteiger partial charge in [-0.15, -0.1) is 0 Å². The second-order valence-electron chi connectivity index (χ2n) is 4.84. The first-order valence-corrected chi connectivity index (χ1v) is 8.08. The lowest BCUT2D eigenvalue weighted by Gasteiger charge is -2.09. The van der Waals surface area contributed by atoms with Crippen molar-refractivity contribution in [1.82, 2.24) is 5.32 Å². The van der Waals surface area contributed by atoms with Gasteiger partial charge in [-0.1, -0.05) is 24.3 Å². The van der Waals surface area contributed by atoms with Crippen LogP contribution in [0.5, 0.6) is 0 Å². The molecular formula is C13H18N2O3S. The zero-order valence-electron chi connectivity index (χ0n) is 10.6. The van der Waals surface area contributed by atoms with Crippen LogP contribution in [-0.4, -0.2) is 25.8 Å². The molecule has 5 nitrogen and oxygen atoms in total. The van der Waals surface area contributed by atoms with Crippen LogP contribution in [0.3, 0.4) is 0 Å². The summed E-state index contributed by atoms with van der Waals surface area (Å²) in [6, 6.07) is 7.66. The molecule has 1 amide bonds. The van der Waals surface area contributed by atoms with Gasteiger partial charge >= 0.3 is 0 Å². The Morgan fingerprint density at radius 2 is 1.89 bits per heavy atom. The SMILES string of the molecule is NCc1ccc(CNC(=O)C2CCS(=O)(=O)C2)cc1. The zero-order chi connectivity index (χ0) is 13.9. The zero-order valence-corrected chi connectivity index (χ0v) is 11.4. The molecule has 1 fully saturated rings. The Kier molecular flexibility index (Phi) is 4.21. The average Bonchev–Trinajstić information content (AvgIpc) is 2.77. The first kappa shape index (κ1) is 14.0. The maximum absolute atomic E-state index is 11.8. The summed E-state index contributed by atoms with van der Waals surface area (Å²) in [5, 5.41) is 2.78. The van der Waals surface area contributed by atoms with Crippen molar-refractivity contribution in [2.75, 3.05) is 11.5 Å². The largest absolute Gasteiger partial charge is 0.352 e. The van der Waals surface area contributed by atoms with Crippen LogP contribution in [-0.2, 0) is 27.7 Å². The van der Waals surface area contributed by atoms with Gasteiger partial charge in [0, 0.05) is 13.1 Å². The van der Waals surface area contributed by atoms with E-state index in [0.29, 0.717) is 19.5 Å². The van der Waals surface area contributed by atoms with E-state index in [4.69, 9.17) is 5.73 Å². The molecule has 3 N–H and O–H groups in total. The van der Waals surface area contributed by atoms with Crippen molar-refractivity contribution in [3.8, 4) is 0 Å². The number of amides is 1. The van der Waals surface area contributed by atoms with E-state index in [0.717, 1.165) is 11.1 Å². The van der Waals surface area contributed by atoms with Gasteiger partial charge in [0.2, 0.25) is 5.91 Å². The molecule has 1 unspecified atom stereocenters. The Morgan fingerprint density at radius 3 is 2.42 bits per heavy atom. The topological polar surface area (TPSA) is 89.3 Å². The minimum atomic E-state index is -3.01. The molecule has 1 aromatic carbocycles. The van der Waals surface area contributed by atoms with E-state index in [1.165, 1.54) is 0 Å². The number of rotatable bonds is 4. The molecule has 0 bridgehead atoms. The summed E-state index contributed by atoms with van der Waals surface area (Å²) in [6.45, 7) is 0.910. The number of benzene rings is 1. The Morgan fingerprint density at radius 1 is 1.26 bits per heavy atom. The molecule has 1 aliphatic rings. The Bertz CT molecular complexity index is 552. The molecule has 0 aliphatic carbocycles. The molecule has 0 spiro atoms. The quantitative estimate of drug-likeness (QED) is 0.825. The lowest BCUT2D eigenvalue weighted by molar-refractivity contribution is -0.124. The van der Waals surface area contributed by atoms with Crippen LogP contribution in [0.25, 0.3) is 0 Å². The van der Waals surface area contributed by atoms with E-state index in [1.54, 1.807) is 0 Å². The van der Waals surface area contributed by atoms with Gasteiger partial charge in [0.05, 0.1) is 17.4 Å². The van der Waals surface area contributed by atoms with Crippen molar-refractivity contribution in [1.29, 1.82) is 0 Å². The number of carbonyl (C=O) groups excluding carboxylic acids is 1. The van der Waals surface area contributed by atoms with Gasteiger partial charge in [0.1, 0.15) is 0 Å². The molecule has 1 saturated heterocycles. The fourth-order valence-corrected chi connectivity index (χ4v) is 3.87. The van der Waals surface area contributed by atoms with Gasteiger partial charge in [-0.3, -0.25) is 4.79 Å². The minimum absolute atomic E-state index is 0.0229. The first-order chi connectivity index (χ1) is 9.00. The standard InChI is InChI=1S/C13H18N2O3S/c14-7-10-1-3-11(4-2-10)8-15-13(16)12-5-6-19(17,18)9-12/h1-4,12H,5-9,14H2,(H,15,16). The third kappa shape index (κ3) is 3.78. The second-order valence-corrected chi connectivity index (χ2v) is 7.07. The highest BCUT2D eigenvalue weighted by Gasteiger charge is 2.32. The molecule has 19 heavy (non-hydrogen) atoms. The molecule has 1 aromatic rings. The Labute approximate surface area is 113 Å². The lowest BCUT2D eigenvalue weighted by atomic mass is 10.1. The summed E-state index contributed by atoms with van der Waals surface area (Å²) in [7, 11) is -3.01. The predicted octanol–water partition coefficient (Wildman–Crippen LogP) is 0.196. The van der Waals surface area contributed by atoms with Crippen LogP contribution in [0.2, 0.25) is 0 Å². The molecular weight excluding hydrogens is 264 g/mol. The van der Waals surface area contributed by atoms with Gasteiger partial charge in [-0.2, -0.15) is 0 Å². The molecule has 6 heteroatoms. The fraction of sp³-hybridized carbons (Fsp3) is 0.462. The number of sulfone groups is 1. The molecule has 0 aromatic heterocycles. The number of hydrogen-bond donors (Lipinski definition) is 2. The van der Waals surface area contributed by atoms with Crippen LogP contribution >= 0.6 is 0 Å². The van der Waals surface area contributed by atoms with E-state index < -0.39 is 15.8 Å². The highest BCUT2D eigenvalue weighted by molar-refractivity contribution is 7.91. The van der Waals surface area contributed by atoms with Gasteiger partial charge in [0.15, 0.2) is 9.84 Å². The molecule has 0 radical (unpaired) electrons. The van der Waals surface area contributed by atoms with Crippen LogP contribution < -0.4 is 11.1 Å². The van der Waals surface area contributed by atoms with Crippen molar-refractivity contribution >= 4 is 15.7 Å². The normalized spacial score (nSPS) is 21.2. The molecule has 0 saturated carbocycles. The van der Waals surface area contributed by atoms with Crippen molar-refractivity contribution in [3.05, 3.63) is 35.4 Å². The van der Waals surface area contributed by atoms with Crippen molar-refractivity contribution in [3.63, 3.8) is 0 Å². The van der Waals surface area contributed by atoms with E-state index in [9.17, 15) is 13.2 Å². The maximum atomic E-state index is 11.8. The van der Waals surface area contributed by atoms with Gasteiger partial charge in [0.25, 0.3) is 0 Å². The fourth-order valence-electron chi connectivity index (χ4n) is 2.13.